The zero-order valence-corrected chi connectivity index (χ0v) is 18.4. The average Bonchev–Trinajstić information content (AvgIpc) is 3.16. The number of anilines is 1. The van der Waals surface area contributed by atoms with E-state index in [0.717, 1.165) is 24.2 Å². The van der Waals surface area contributed by atoms with E-state index in [2.05, 4.69) is 36.3 Å². The zero-order valence-electron chi connectivity index (χ0n) is 16.8. The maximum absolute atomic E-state index is 12.7. The van der Waals surface area contributed by atoms with Crippen molar-refractivity contribution in [2.45, 2.75) is 38.0 Å². The van der Waals surface area contributed by atoms with Crippen LogP contribution < -0.4 is 10.1 Å². The van der Waals surface area contributed by atoms with Crippen LogP contribution in [0.4, 0.5) is 5.13 Å². The molecule has 1 aromatic carbocycles. The summed E-state index contributed by atoms with van der Waals surface area (Å²) in [5.74, 6) is 1.24. The lowest BCUT2D eigenvalue weighted by Crippen LogP contribution is -2.37. The Hall–Kier alpha value is -2.04. The molecule has 0 saturated carbocycles. The van der Waals surface area contributed by atoms with Gasteiger partial charge in [0.25, 0.3) is 15.9 Å². The molecule has 1 fully saturated rings. The van der Waals surface area contributed by atoms with Gasteiger partial charge in [-0.3, -0.25) is 10.1 Å². The molecule has 29 heavy (non-hydrogen) atoms. The van der Waals surface area contributed by atoms with Crippen LogP contribution in [0.15, 0.2) is 28.6 Å². The lowest BCUT2D eigenvalue weighted by Gasteiger charge is -2.28. The smallest absolute Gasteiger partial charge is 0.272 e. The van der Waals surface area contributed by atoms with Gasteiger partial charge in [-0.1, -0.05) is 32.1 Å². The Morgan fingerprint density at radius 3 is 2.52 bits per heavy atom. The highest BCUT2D eigenvalue weighted by atomic mass is 32.2. The van der Waals surface area contributed by atoms with Gasteiger partial charge in [0.1, 0.15) is 5.75 Å². The second-order valence-electron chi connectivity index (χ2n) is 7.64. The summed E-state index contributed by atoms with van der Waals surface area (Å²) < 4.78 is 32.4. The topological polar surface area (TPSA) is 101 Å². The van der Waals surface area contributed by atoms with E-state index < -0.39 is 10.0 Å². The van der Waals surface area contributed by atoms with Crippen molar-refractivity contribution in [3.63, 3.8) is 0 Å². The van der Waals surface area contributed by atoms with Crippen LogP contribution in [-0.2, 0) is 10.0 Å². The molecule has 1 saturated heterocycles. The number of hydrogen-bond acceptors (Lipinski definition) is 7. The minimum absolute atomic E-state index is 0.0974. The Morgan fingerprint density at radius 1 is 1.24 bits per heavy atom. The summed E-state index contributed by atoms with van der Waals surface area (Å²) in [6.45, 7) is 7.80. The minimum atomic E-state index is -3.67. The van der Waals surface area contributed by atoms with Crippen molar-refractivity contribution >= 4 is 32.4 Å². The number of amides is 1. The molecular formula is C19H26N4O4S2. The Morgan fingerprint density at radius 2 is 1.90 bits per heavy atom. The van der Waals surface area contributed by atoms with Crippen LogP contribution in [0.1, 0.15) is 44.0 Å². The molecular weight excluding hydrogens is 412 g/mol. The van der Waals surface area contributed by atoms with Gasteiger partial charge in [0.2, 0.25) is 9.47 Å². The highest BCUT2D eigenvalue weighted by Gasteiger charge is 2.31. The molecule has 8 nitrogen and oxygen atoms in total. The third-order valence-corrected chi connectivity index (χ3v) is 7.71. The molecule has 0 spiro atoms. The van der Waals surface area contributed by atoms with Gasteiger partial charge in [-0.15, -0.1) is 10.2 Å². The average molecular weight is 439 g/mol. The van der Waals surface area contributed by atoms with Crippen molar-refractivity contribution in [2.24, 2.45) is 11.8 Å². The first-order chi connectivity index (χ1) is 13.8. The minimum Gasteiger partial charge on any atom is -0.493 e. The number of hydrogen-bond donors (Lipinski definition) is 1. The Kier molecular flexibility index (Phi) is 6.86. The molecule has 1 aromatic heterocycles. The van der Waals surface area contributed by atoms with E-state index >= 15 is 0 Å². The number of sulfonamides is 1. The van der Waals surface area contributed by atoms with Crippen LogP contribution >= 0.6 is 11.3 Å². The van der Waals surface area contributed by atoms with Crippen molar-refractivity contribution in [2.75, 3.05) is 25.0 Å². The lowest BCUT2D eigenvalue weighted by molar-refractivity contribution is 0.102. The summed E-state index contributed by atoms with van der Waals surface area (Å²) >= 11 is 0.863. The maximum atomic E-state index is 12.7. The highest BCUT2D eigenvalue weighted by Crippen LogP contribution is 2.27. The number of carbonyl (C=O) groups is 1. The summed E-state index contributed by atoms with van der Waals surface area (Å²) in [4.78, 5) is 12.4. The molecule has 10 heteroatoms. The van der Waals surface area contributed by atoms with Gasteiger partial charge >= 0.3 is 0 Å². The monoisotopic (exact) mass is 438 g/mol. The van der Waals surface area contributed by atoms with Gasteiger partial charge in [-0.2, -0.15) is 4.31 Å². The zero-order chi connectivity index (χ0) is 21.0. The number of nitrogens with zero attached hydrogens (tertiary/aromatic N) is 3. The predicted molar refractivity (Wildman–Crippen MR) is 112 cm³/mol. The van der Waals surface area contributed by atoms with Crippen LogP contribution in [0.5, 0.6) is 5.75 Å². The Balaban J connectivity index is 1.63. The Labute approximate surface area is 175 Å². The summed E-state index contributed by atoms with van der Waals surface area (Å²) in [7, 11) is -3.67. The fourth-order valence-corrected chi connectivity index (χ4v) is 5.34. The molecule has 158 valence electrons. The van der Waals surface area contributed by atoms with E-state index in [4.69, 9.17) is 4.74 Å². The van der Waals surface area contributed by atoms with E-state index in [1.54, 1.807) is 24.3 Å². The molecule has 2 heterocycles. The molecule has 1 amide bonds. The number of benzene rings is 1. The molecule has 0 atom stereocenters. The van der Waals surface area contributed by atoms with Crippen LogP contribution in [0.3, 0.4) is 0 Å². The number of carbonyl (C=O) groups excluding carboxylic acids is 1. The number of nitrogens with one attached hydrogen (secondary N) is 1. The first-order valence-corrected chi connectivity index (χ1v) is 11.9. The molecule has 2 aromatic rings. The summed E-state index contributed by atoms with van der Waals surface area (Å²) in [6.07, 6.45) is 1.66. The van der Waals surface area contributed by atoms with E-state index in [-0.39, 0.29) is 15.4 Å². The van der Waals surface area contributed by atoms with Gasteiger partial charge in [0.05, 0.1) is 6.61 Å². The molecule has 0 bridgehead atoms. The highest BCUT2D eigenvalue weighted by molar-refractivity contribution is 7.91. The van der Waals surface area contributed by atoms with Crippen LogP contribution in [0.2, 0.25) is 0 Å². The third kappa shape index (κ3) is 5.52. The largest absolute Gasteiger partial charge is 0.493 e. The van der Waals surface area contributed by atoms with Crippen LogP contribution in [-0.4, -0.2) is 48.5 Å². The third-order valence-electron chi connectivity index (χ3n) is 4.63. The van der Waals surface area contributed by atoms with Crippen molar-refractivity contribution < 1.29 is 17.9 Å². The molecule has 1 aliphatic heterocycles. The second kappa shape index (κ2) is 9.19. The lowest BCUT2D eigenvalue weighted by atomic mass is 10.0. The van der Waals surface area contributed by atoms with Crippen molar-refractivity contribution in [3.8, 4) is 5.75 Å². The first-order valence-electron chi connectivity index (χ1n) is 9.63. The summed E-state index contributed by atoms with van der Waals surface area (Å²) in [6, 6.07) is 6.76. The predicted octanol–water partition coefficient (Wildman–Crippen LogP) is 3.25. The quantitative estimate of drug-likeness (QED) is 0.666. The van der Waals surface area contributed by atoms with Gasteiger partial charge in [-0.05, 0) is 48.9 Å². The van der Waals surface area contributed by atoms with Crippen LogP contribution in [0, 0.1) is 11.8 Å². The fraction of sp³-hybridized carbons (Fsp3) is 0.526. The van der Waals surface area contributed by atoms with E-state index in [1.165, 1.54) is 4.31 Å². The molecule has 3 rings (SSSR count). The Bertz CT molecular complexity index is 933. The van der Waals surface area contributed by atoms with Crippen molar-refractivity contribution in [3.05, 3.63) is 29.8 Å². The fourth-order valence-electron chi connectivity index (χ4n) is 2.83. The molecule has 0 radical (unpaired) electrons. The van der Waals surface area contributed by atoms with Gasteiger partial charge in [0, 0.05) is 18.7 Å². The molecule has 0 unspecified atom stereocenters. The molecule has 0 aliphatic carbocycles. The number of ether oxygens (including phenoxy) is 1. The van der Waals surface area contributed by atoms with Crippen molar-refractivity contribution in [1.82, 2.24) is 14.5 Å². The number of piperidine rings is 1. The molecule has 1 N–H and O–H groups in total. The maximum Gasteiger partial charge on any atom is 0.272 e. The van der Waals surface area contributed by atoms with Crippen LogP contribution in [0.25, 0.3) is 0 Å². The summed E-state index contributed by atoms with van der Waals surface area (Å²) in [5, 5.41) is 10.4. The summed E-state index contributed by atoms with van der Waals surface area (Å²) in [5.41, 5.74) is 0.423. The van der Waals surface area contributed by atoms with Gasteiger partial charge in [0.15, 0.2) is 0 Å². The molecule has 1 aliphatic rings. The standard InChI is InChI=1S/C19H26N4O4S2/c1-13(2)12-27-16-6-4-15(5-7-16)17(24)20-18-21-22-19(28-18)29(25,26)23-10-8-14(3)9-11-23/h4-7,13-14H,8-12H2,1-3H3,(H,20,21,24). The van der Waals surface area contributed by atoms with Gasteiger partial charge in [-0.25, -0.2) is 8.42 Å². The van der Waals surface area contributed by atoms with E-state index in [9.17, 15) is 13.2 Å². The number of aromatic nitrogens is 2. The first kappa shape index (κ1) is 21.7. The normalized spacial score (nSPS) is 16.1. The second-order valence-corrected chi connectivity index (χ2v) is 10.7. The van der Waals surface area contributed by atoms with Gasteiger partial charge < -0.3 is 4.74 Å². The number of rotatable bonds is 7. The van der Waals surface area contributed by atoms with E-state index in [1.807, 2.05) is 0 Å². The van der Waals surface area contributed by atoms with E-state index in [0.29, 0.717) is 42.8 Å². The SMILES string of the molecule is CC(C)COc1ccc(C(=O)Nc2nnc(S(=O)(=O)N3CCC(C)CC3)s2)cc1. The van der Waals surface area contributed by atoms with Crippen molar-refractivity contribution in [1.29, 1.82) is 0 Å².